The number of rotatable bonds is 14. The number of carbonyl (C=O) groups is 4. The van der Waals surface area contributed by atoms with Crippen LogP contribution in [-0.2, 0) is 19.2 Å². The predicted octanol–water partition coefficient (Wildman–Crippen LogP) is -1.90. The molecule has 1 aliphatic heterocycles. The van der Waals surface area contributed by atoms with Crippen LogP contribution in [0, 0.1) is 0 Å². The van der Waals surface area contributed by atoms with Gasteiger partial charge in [-0.1, -0.05) is 0 Å². The van der Waals surface area contributed by atoms with Gasteiger partial charge in [0.05, 0.1) is 6.04 Å². The van der Waals surface area contributed by atoms with Gasteiger partial charge in [0.1, 0.15) is 18.1 Å². The molecule has 12 nitrogen and oxygen atoms in total. The van der Waals surface area contributed by atoms with Gasteiger partial charge >= 0.3 is 5.97 Å². The Morgan fingerprint density at radius 1 is 1.12 bits per heavy atom. The highest BCUT2D eigenvalue weighted by Crippen LogP contribution is 2.07. The minimum absolute atomic E-state index is 0.0649. The number of guanidine groups is 1. The lowest BCUT2D eigenvalue weighted by Crippen LogP contribution is -2.56. The zero-order valence-corrected chi connectivity index (χ0v) is 19.4. The molecule has 0 saturated carbocycles. The van der Waals surface area contributed by atoms with E-state index in [2.05, 4.69) is 26.3 Å². The van der Waals surface area contributed by atoms with Gasteiger partial charge in [-0.3, -0.25) is 19.4 Å². The van der Waals surface area contributed by atoms with Gasteiger partial charge in [0.25, 0.3) is 0 Å². The van der Waals surface area contributed by atoms with Gasteiger partial charge in [-0.2, -0.15) is 11.8 Å². The van der Waals surface area contributed by atoms with Crippen molar-refractivity contribution in [3.63, 3.8) is 0 Å². The summed E-state index contributed by atoms with van der Waals surface area (Å²) in [6.07, 6.45) is 4.36. The number of hydrogen-bond donors (Lipinski definition) is 7. The third-order valence-corrected chi connectivity index (χ3v) is 5.58. The number of thioether (sulfide) groups is 1. The average molecular weight is 474 g/mol. The molecule has 1 heterocycles. The molecule has 0 aliphatic carbocycles. The first-order valence-electron chi connectivity index (χ1n) is 10.6. The topological polar surface area (TPSA) is 201 Å². The van der Waals surface area contributed by atoms with Crippen molar-refractivity contribution < 1.29 is 24.3 Å². The number of amides is 3. The lowest BCUT2D eigenvalue weighted by molar-refractivity contribution is -0.142. The minimum atomic E-state index is -1.14. The number of nitrogens with two attached hydrogens (primary N) is 2. The van der Waals surface area contributed by atoms with E-state index in [-0.39, 0.29) is 37.3 Å². The molecule has 9 N–H and O–H groups in total. The third-order valence-electron chi connectivity index (χ3n) is 4.93. The van der Waals surface area contributed by atoms with Crippen molar-refractivity contribution >= 4 is 41.4 Å². The minimum Gasteiger partial charge on any atom is -0.480 e. The summed E-state index contributed by atoms with van der Waals surface area (Å²) in [5.41, 5.74) is 10.6. The van der Waals surface area contributed by atoms with Crippen molar-refractivity contribution in [1.29, 1.82) is 0 Å². The van der Waals surface area contributed by atoms with E-state index in [9.17, 15) is 24.3 Å². The normalized spacial score (nSPS) is 18.1. The predicted molar refractivity (Wildman–Crippen MR) is 123 cm³/mol. The maximum atomic E-state index is 12.8. The lowest BCUT2D eigenvalue weighted by atomic mass is 10.1. The van der Waals surface area contributed by atoms with Crippen LogP contribution >= 0.6 is 11.8 Å². The maximum Gasteiger partial charge on any atom is 0.326 e. The fourth-order valence-corrected chi connectivity index (χ4v) is 3.59. The van der Waals surface area contributed by atoms with Crippen molar-refractivity contribution in [2.45, 2.75) is 63.2 Å². The van der Waals surface area contributed by atoms with Gasteiger partial charge in [-0.25, -0.2) is 4.79 Å². The Labute approximate surface area is 192 Å². The van der Waals surface area contributed by atoms with E-state index in [1.54, 1.807) is 0 Å². The number of aliphatic carboxylic acids is 1. The van der Waals surface area contributed by atoms with Gasteiger partial charge in [0.15, 0.2) is 5.96 Å². The van der Waals surface area contributed by atoms with E-state index < -0.39 is 35.9 Å². The largest absolute Gasteiger partial charge is 0.480 e. The van der Waals surface area contributed by atoms with Crippen molar-refractivity contribution in [3.05, 3.63) is 0 Å². The van der Waals surface area contributed by atoms with Crippen molar-refractivity contribution in [2.75, 3.05) is 25.1 Å². The smallest absolute Gasteiger partial charge is 0.326 e. The molecule has 0 bridgehead atoms. The summed E-state index contributed by atoms with van der Waals surface area (Å²) in [6, 6.07) is -3.28. The number of carbonyl (C=O) groups excluding carboxylic acids is 3. The van der Waals surface area contributed by atoms with Gasteiger partial charge in [-0.15, -0.1) is 0 Å². The van der Waals surface area contributed by atoms with E-state index in [0.29, 0.717) is 18.6 Å². The first-order chi connectivity index (χ1) is 15.1. The quantitative estimate of drug-likeness (QED) is 0.0855. The first kappa shape index (κ1) is 27.5. The van der Waals surface area contributed by atoms with Crippen LogP contribution in [0.1, 0.15) is 39.0 Å². The Morgan fingerprint density at radius 2 is 1.84 bits per heavy atom. The monoisotopic (exact) mass is 473 g/mol. The summed E-state index contributed by atoms with van der Waals surface area (Å²) in [5, 5.41) is 20.1. The molecule has 0 aromatic rings. The summed E-state index contributed by atoms with van der Waals surface area (Å²) in [5.74, 6) is -2.08. The van der Waals surface area contributed by atoms with E-state index in [4.69, 9.17) is 11.5 Å². The molecule has 0 aromatic heterocycles. The molecule has 13 heteroatoms. The summed E-state index contributed by atoms with van der Waals surface area (Å²) in [7, 11) is 0. The Hall–Kier alpha value is -2.54. The Morgan fingerprint density at radius 3 is 2.41 bits per heavy atom. The second kappa shape index (κ2) is 14.5. The van der Waals surface area contributed by atoms with Crippen LogP contribution in [0.3, 0.4) is 0 Å². The number of carboxylic acid groups (broad SMARTS) is 1. The van der Waals surface area contributed by atoms with Crippen LogP contribution in [0.4, 0.5) is 0 Å². The van der Waals surface area contributed by atoms with Crippen LogP contribution in [0.5, 0.6) is 0 Å². The third kappa shape index (κ3) is 10.2. The number of carboxylic acids is 1. The van der Waals surface area contributed by atoms with Crippen molar-refractivity contribution in [1.82, 2.24) is 21.3 Å². The summed E-state index contributed by atoms with van der Waals surface area (Å²) in [4.78, 5) is 52.9. The second-order valence-corrected chi connectivity index (χ2v) is 8.56. The molecule has 1 aliphatic rings. The Balaban J connectivity index is 2.71. The molecule has 182 valence electrons. The number of nitrogens with zero attached hydrogens (tertiary/aromatic N) is 1. The zero-order chi connectivity index (χ0) is 24.1. The first-order valence-corrected chi connectivity index (χ1v) is 12.0. The van der Waals surface area contributed by atoms with Crippen molar-refractivity contribution in [3.8, 4) is 0 Å². The highest BCUT2D eigenvalue weighted by molar-refractivity contribution is 7.98. The van der Waals surface area contributed by atoms with E-state index in [0.717, 1.165) is 13.0 Å². The summed E-state index contributed by atoms with van der Waals surface area (Å²) >= 11 is 1.47. The molecule has 3 amide bonds. The van der Waals surface area contributed by atoms with Crippen LogP contribution in [0.15, 0.2) is 4.99 Å². The molecular formula is C19H35N7O5S. The van der Waals surface area contributed by atoms with Gasteiger partial charge < -0.3 is 37.8 Å². The number of hydrogen-bond acceptors (Lipinski definition) is 7. The average Bonchev–Trinajstić information content (AvgIpc) is 3.27. The van der Waals surface area contributed by atoms with Crippen LogP contribution < -0.4 is 32.7 Å². The number of nitrogens with one attached hydrogen (secondary N) is 4. The Bertz CT molecular complexity index is 681. The highest BCUT2D eigenvalue weighted by Gasteiger charge is 2.29. The molecule has 32 heavy (non-hydrogen) atoms. The molecule has 1 saturated heterocycles. The fraction of sp³-hybridized carbons (Fsp3) is 0.737. The van der Waals surface area contributed by atoms with E-state index in [1.165, 1.54) is 18.7 Å². The van der Waals surface area contributed by atoms with Gasteiger partial charge in [0.2, 0.25) is 17.7 Å². The zero-order valence-electron chi connectivity index (χ0n) is 18.6. The molecule has 4 unspecified atom stereocenters. The molecule has 4 atom stereocenters. The number of aliphatic imine (C=N–C) groups is 1. The maximum absolute atomic E-state index is 12.8. The van der Waals surface area contributed by atoms with Gasteiger partial charge in [-0.05, 0) is 57.6 Å². The van der Waals surface area contributed by atoms with Gasteiger partial charge in [0, 0.05) is 6.54 Å². The van der Waals surface area contributed by atoms with E-state index in [1.807, 2.05) is 6.26 Å². The molecule has 0 radical (unpaired) electrons. The highest BCUT2D eigenvalue weighted by atomic mass is 32.2. The molecule has 0 aromatic carbocycles. The lowest BCUT2D eigenvalue weighted by Gasteiger charge is -2.23. The molecular weight excluding hydrogens is 438 g/mol. The second-order valence-electron chi connectivity index (χ2n) is 7.57. The van der Waals surface area contributed by atoms with Crippen LogP contribution in [0.25, 0.3) is 0 Å². The SMILES string of the molecule is CSCCC(NC(=O)C(C)NC(=O)C(CCCN=C(N)N)NC(=O)C1CCCN1)C(=O)O. The molecule has 0 spiro atoms. The van der Waals surface area contributed by atoms with Crippen LogP contribution in [0.2, 0.25) is 0 Å². The Kier molecular flexibility index (Phi) is 12.5. The fourth-order valence-electron chi connectivity index (χ4n) is 3.12. The molecule has 1 rings (SSSR count). The summed E-state index contributed by atoms with van der Waals surface area (Å²) < 4.78 is 0. The summed E-state index contributed by atoms with van der Waals surface area (Å²) in [6.45, 7) is 2.48. The van der Waals surface area contributed by atoms with Crippen molar-refractivity contribution in [2.24, 2.45) is 16.5 Å². The van der Waals surface area contributed by atoms with Crippen LogP contribution in [-0.4, -0.2) is 84.0 Å². The van der Waals surface area contributed by atoms with E-state index >= 15 is 0 Å². The molecule has 1 fully saturated rings. The standard InChI is InChI=1S/C19H35N7O5S/c1-11(15(27)26-14(18(30)31)7-10-32-2)24-17(29)13(6-4-9-23-19(20)21)25-16(28)12-5-3-8-22-12/h11-14,22H,3-10H2,1-2H3,(H,24,29)(H,25,28)(H,26,27)(H,30,31)(H4,20,21,23).